The Hall–Kier alpha value is -5.15. The van der Waals surface area contributed by atoms with Crippen LogP contribution in [0.25, 0.3) is 6.08 Å². The van der Waals surface area contributed by atoms with E-state index in [4.69, 9.17) is 5.11 Å². The van der Waals surface area contributed by atoms with Crippen LogP contribution in [0.4, 0.5) is 11.4 Å². The van der Waals surface area contributed by atoms with Gasteiger partial charge in [-0.1, -0.05) is 60.2 Å². The van der Waals surface area contributed by atoms with Gasteiger partial charge in [0, 0.05) is 21.8 Å². The van der Waals surface area contributed by atoms with Crippen LogP contribution in [-0.4, -0.2) is 34.6 Å². The second-order valence-electron chi connectivity index (χ2n) is 9.00. The summed E-state index contributed by atoms with van der Waals surface area (Å²) in [4.78, 5) is 50.5. The minimum Gasteiger partial charge on any atom is -0.478 e. The zero-order valence-electron chi connectivity index (χ0n) is 22.1. The highest BCUT2D eigenvalue weighted by molar-refractivity contribution is 8.00. The Morgan fingerprint density at radius 2 is 1.44 bits per heavy atom. The van der Waals surface area contributed by atoms with Gasteiger partial charge in [-0.2, -0.15) is 0 Å². The van der Waals surface area contributed by atoms with Crippen LogP contribution in [-0.2, 0) is 9.59 Å². The number of nitrogens with one attached hydrogen (secondary N) is 3. The van der Waals surface area contributed by atoms with E-state index in [0.717, 1.165) is 16.0 Å². The summed E-state index contributed by atoms with van der Waals surface area (Å²) in [6.45, 7) is 1.94. The number of aryl methyl sites for hydroxylation is 1. The monoisotopic (exact) mass is 565 g/mol. The molecule has 206 valence electrons. The average Bonchev–Trinajstić information content (AvgIpc) is 2.96. The fourth-order valence-corrected chi connectivity index (χ4v) is 4.56. The van der Waals surface area contributed by atoms with Gasteiger partial charge in [-0.15, -0.1) is 11.8 Å². The first-order valence-corrected chi connectivity index (χ1v) is 13.6. The maximum Gasteiger partial charge on any atom is 0.335 e. The van der Waals surface area contributed by atoms with Gasteiger partial charge in [0.05, 0.1) is 11.3 Å². The van der Waals surface area contributed by atoms with E-state index < -0.39 is 17.8 Å². The molecule has 0 saturated heterocycles. The first-order chi connectivity index (χ1) is 19.8. The van der Waals surface area contributed by atoms with Gasteiger partial charge in [0.2, 0.25) is 5.91 Å². The molecule has 4 N–H and O–H groups in total. The number of carboxylic acid groups (broad SMARTS) is 1. The van der Waals surface area contributed by atoms with Gasteiger partial charge in [0.1, 0.15) is 5.70 Å². The molecule has 4 aromatic carbocycles. The molecule has 4 rings (SSSR count). The van der Waals surface area contributed by atoms with Crippen molar-refractivity contribution in [3.8, 4) is 0 Å². The minimum absolute atomic E-state index is 0.0698. The molecule has 0 aliphatic heterocycles. The van der Waals surface area contributed by atoms with E-state index in [0.29, 0.717) is 16.9 Å². The third kappa shape index (κ3) is 8.67. The van der Waals surface area contributed by atoms with Crippen molar-refractivity contribution in [2.75, 3.05) is 16.4 Å². The lowest BCUT2D eigenvalue weighted by Crippen LogP contribution is -2.30. The molecule has 0 bridgehead atoms. The summed E-state index contributed by atoms with van der Waals surface area (Å²) in [5.41, 5.74) is 3.21. The predicted octanol–water partition coefficient (Wildman–Crippen LogP) is 5.83. The number of hydrogen-bond donors (Lipinski definition) is 4. The fraction of sp³-hybridized carbons (Fsp3) is 0.0625. The van der Waals surface area contributed by atoms with Gasteiger partial charge in [0.15, 0.2) is 0 Å². The van der Waals surface area contributed by atoms with Gasteiger partial charge in [-0.05, 0) is 67.1 Å². The van der Waals surface area contributed by atoms with Crippen molar-refractivity contribution in [2.45, 2.75) is 11.8 Å². The van der Waals surface area contributed by atoms with Crippen LogP contribution < -0.4 is 16.0 Å². The standard InChI is InChI=1S/C32H27N3O5S/c1-21-8-5-9-22(16-21)17-28(35-30(37)23-10-3-2-4-11-23)31(38)34-26-14-7-15-27(19-26)41-20-29(36)33-25-13-6-12-24(18-25)32(39)40/h2-19H,20H2,1H3,(H,33,36)(H,34,38)(H,35,37)(H,39,40)/b28-17+. The zero-order valence-corrected chi connectivity index (χ0v) is 22.9. The summed E-state index contributed by atoms with van der Waals surface area (Å²) in [5.74, 6) is -2.23. The Morgan fingerprint density at radius 1 is 0.756 bits per heavy atom. The molecule has 0 fully saturated rings. The van der Waals surface area contributed by atoms with Crippen LogP contribution in [0.3, 0.4) is 0 Å². The smallest absolute Gasteiger partial charge is 0.335 e. The molecule has 0 aliphatic rings. The highest BCUT2D eigenvalue weighted by Gasteiger charge is 2.16. The summed E-state index contributed by atoms with van der Waals surface area (Å²) in [5, 5.41) is 17.4. The summed E-state index contributed by atoms with van der Waals surface area (Å²) >= 11 is 1.26. The van der Waals surface area contributed by atoms with Crippen molar-refractivity contribution in [1.29, 1.82) is 0 Å². The first kappa shape index (κ1) is 28.8. The number of carbonyl (C=O) groups is 4. The second kappa shape index (κ2) is 13.8. The molecule has 4 aromatic rings. The van der Waals surface area contributed by atoms with Gasteiger partial charge < -0.3 is 21.1 Å². The predicted molar refractivity (Wildman–Crippen MR) is 161 cm³/mol. The number of carboxylic acids is 1. The number of hydrogen-bond acceptors (Lipinski definition) is 5. The molecule has 0 radical (unpaired) electrons. The lowest BCUT2D eigenvalue weighted by atomic mass is 10.1. The van der Waals surface area contributed by atoms with Crippen molar-refractivity contribution in [3.05, 3.63) is 131 Å². The lowest BCUT2D eigenvalue weighted by Gasteiger charge is -2.12. The Labute approximate surface area is 241 Å². The van der Waals surface area contributed by atoms with Crippen LogP contribution in [0.5, 0.6) is 0 Å². The Balaban J connectivity index is 1.44. The van der Waals surface area contributed by atoms with Crippen LogP contribution >= 0.6 is 11.8 Å². The topological polar surface area (TPSA) is 125 Å². The molecule has 0 atom stereocenters. The average molecular weight is 566 g/mol. The molecule has 8 nitrogen and oxygen atoms in total. The molecule has 0 spiro atoms. The van der Waals surface area contributed by atoms with E-state index in [2.05, 4.69) is 16.0 Å². The molecule has 0 heterocycles. The summed E-state index contributed by atoms with van der Waals surface area (Å²) in [7, 11) is 0. The maximum absolute atomic E-state index is 13.3. The van der Waals surface area contributed by atoms with E-state index in [1.54, 1.807) is 72.8 Å². The van der Waals surface area contributed by atoms with Crippen molar-refractivity contribution in [2.24, 2.45) is 0 Å². The van der Waals surface area contributed by atoms with E-state index in [1.165, 1.54) is 23.9 Å². The normalized spacial score (nSPS) is 10.9. The number of carbonyl (C=O) groups excluding carboxylic acids is 3. The maximum atomic E-state index is 13.3. The quantitative estimate of drug-likeness (QED) is 0.142. The van der Waals surface area contributed by atoms with Gasteiger partial charge in [-0.25, -0.2) is 4.79 Å². The number of amides is 3. The first-order valence-electron chi connectivity index (χ1n) is 12.6. The number of benzene rings is 4. The Kier molecular flexibility index (Phi) is 9.69. The highest BCUT2D eigenvalue weighted by atomic mass is 32.2. The van der Waals surface area contributed by atoms with Crippen molar-refractivity contribution < 1.29 is 24.3 Å². The molecule has 0 unspecified atom stereocenters. The van der Waals surface area contributed by atoms with Crippen molar-refractivity contribution in [1.82, 2.24) is 5.32 Å². The van der Waals surface area contributed by atoms with Crippen LogP contribution in [0.15, 0.2) is 114 Å². The molecule has 3 amide bonds. The molecule has 41 heavy (non-hydrogen) atoms. The van der Waals surface area contributed by atoms with Gasteiger partial charge in [-0.3, -0.25) is 14.4 Å². The van der Waals surface area contributed by atoms with Crippen LogP contribution in [0.1, 0.15) is 31.8 Å². The largest absolute Gasteiger partial charge is 0.478 e. The SMILES string of the molecule is Cc1cccc(/C=C(/NC(=O)c2ccccc2)C(=O)Nc2cccc(SCC(=O)Nc3cccc(C(=O)O)c3)c2)c1. The number of anilines is 2. The number of aromatic carboxylic acids is 1. The van der Waals surface area contributed by atoms with Crippen molar-refractivity contribution >= 4 is 52.9 Å². The molecular formula is C32H27N3O5S. The fourth-order valence-electron chi connectivity index (χ4n) is 3.81. The van der Waals surface area contributed by atoms with E-state index in [1.807, 2.05) is 31.2 Å². The van der Waals surface area contributed by atoms with Gasteiger partial charge >= 0.3 is 5.97 Å². The van der Waals surface area contributed by atoms with Crippen LogP contribution in [0, 0.1) is 6.92 Å². The van der Waals surface area contributed by atoms with E-state index >= 15 is 0 Å². The minimum atomic E-state index is -1.08. The molecular weight excluding hydrogens is 538 g/mol. The molecule has 9 heteroatoms. The molecule has 0 aliphatic carbocycles. The summed E-state index contributed by atoms with van der Waals surface area (Å²) < 4.78 is 0. The van der Waals surface area contributed by atoms with E-state index in [-0.39, 0.29) is 22.9 Å². The zero-order chi connectivity index (χ0) is 29.2. The lowest BCUT2D eigenvalue weighted by molar-refractivity contribution is -0.114. The van der Waals surface area contributed by atoms with E-state index in [9.17, 15) is 19.2 Å². The highest BCUT2D eigenvalue weighted by Crippen LogP contribution is 2.23. The van der Waals surface area contributed by atoms with Crippen LogP contribution in [0.2, 0.25) is 0 Å². The summed E-state index contributed by atoms with van der Waals surface area (Å²) in [6, 6.07) is 29.2. The Morgan fingerprint density at radius 3 is 2.17 bits per heavy atom. The van der Waals surface area contributed by atoms with Crippen molar-refractivity contribution in [3.63, 3.8) is 0 Å². The van der Waals surface area contributed by atoms with Gasteiger partial charge in [0.25, 0.3) is 11.8 Å². The Bertz CT molecular complexity index is 1620. The summed E-state index contributed by atoms with van der Waals surface area (Å²) in [6.07, 6.45) is 1.62. The number of rotatable bonds is 10. The third-order valence-electron chi connectivity index (χ3n) is 5.74. The molecule has 0 saturated carbocycles. The second-order valence-corrected chi connectivity index (χ2v) is 10.0. The molecule has 0 aromatic heterocycles. The number of thioether (sulfide) groups is 1. The third-order valence-corrected chi connectivity index (χ3v) is 6.73.